The molecule has 8 heteroatoms. The second-order valence-electron chi connectivity index (χ2n) is 9.20. The highest BCUT2D eigenvalue weighted by molar-refractivity contribution is 6.19. The fraction of sp³-hybridized carbons (Fsp3) is 0.542. The van der Waals surface area contributed by atoms with Crippen molar-refractivity contribution in [2.45, 2.75) is 51.5 Å². The average Bonchev–Trinajstić information content (AvgIpc) is 3.61. The Balaban J connectivity index is 1.53. The lowest BCUT2D eigenvalue weighted by Crippen LogP contribution is -2.51. The molecule has 0 aromatic heterocycles. The van der Waals surface area contributed by atoms with Gasteiger partial charge in [0.15, 0.2) is 0 Å². The maximum absolute atomic E-state index is 13.2. The number of rotatable bonds is 8. The van der Waals surface area contributed by atoms with Crippen molar-refractivity contribution in [2.75, 3.05) is 19.7 Å². The molecule has 1 aliphatic heterocycles. The van der Waals surface area contributed by atoms with Crippen molar-refractivity contribution in [1.82, 2.24) is 10.2 Å². The fourth-order valence-corrected chi connectivity index (χ4v) is 4.65. The van der Waals surface area contributed by atoms with Gasteiger partial charge < -0.3 is 25.2 Å². The van der Waals surface area contributed by atoms with Crippen LogP contribution in [0.5, 0.6) is 5.75 Å². The van der Waals surface area contributed by atoms with Crippen molar-refractivity contribution >= 4 is 17.8 Å². The smallest absolute Gasteiger partial charge is 0.322 e. The van der Waals surface area contributed by atoms with E-state index in [1.807, 2.05) is 24.3 Å². The number of hydrogen-bond donors (Lipinski definition) is 3. The van der Waals surface area contributed by atoms with Crippen LogP contribution in [0, 0.1) is 11.3 Å². The lowest BCUT2D eigenvalue weighted by atomic mass is 9.69. The van der Waals surface area contributed by atoms with Gasteiger partial charge >= 0.3 is 5.97 Å². The highest BCUT2D eigenvalue weighted by atomic mass is 16.5. The summed E-state index contributed by atoms with van der Waals surface area (Å²) in [6.07, 6.45) is 6.68. The Morgan fingerprint density at radius 3 is 2.44 bits per heavy atom. The molecule has 4 rings (SSSR count). The Labute approximate surface area is 187 Å². The molecule has 1 aromatic rings. The summed E-state index contributed by atoms with van der Waals surface area (Å²) in [6, 6.07) is 7.59. The van der Waals surface area contributed by atoms with Gasteiger partial charge in [0.1, 0.15) is 23.6 Å². The minimum absolute atomic E-state index is 0.190. The Hall–Kier alpha value is -3.03. The molecule has 2 amide bonds. The number of ether oxygens (including phenoxy) is 1. The molecule has 2 fully saturated rings. The number of benzene rings is 1. The molecule has 2 saturated carbocycles. The summed E-state index contributed by atoms with van der Waals surface area (Å²) >= 11 is 0. The zero-order valence-electron chi connectivity index (χ0n) is 18.1. The summed E-state index contributed by atoms with van der Waals surface area (Å²) in [5.41, 5.74) is -0.0893. The van der Waals surface area contributed by atoms with Crippen LogP contribution in [-0.4, -0.2) is 52.6 Å². The second-order valence-corrected chi connectivity index (χ2v) is 9.20. The largest absolute Gasteiger partial charge is 0.511 e. The van der Waals surface area contributed by atoms with Crippen LogP contribution in [-0.2, 0) is 20.9 Å². The van der Waals surface area contributed by atoms with Gasteiger partial charge in [-0.25, -0.2) is 0 Å². The zero-order valence-corrected chi connectivity index (χ0v) is 18.1. The molecule has 1 spiro atoms. The van der Waals surface area contributed by atoms with Crippen LogP contribution in [0.15, 0.2) is 35.6 Å². The first-order valence-electron chi connectivity index (χ1n) is 11.3. The number of carbonyl (C=O) groups excluding carboxylic acids is 2. The van der Waals surface area contributed by atoms with Crippen molar-refractivity contribution in [3.63, 3.8) is 0 Å². The number of hydrogen-bond acceptors (Lipinski definition) is 5. The van der Waals surface area contributed by atoms with E-state index in [4.69, 9.17) is 9.84 Å². The molecule has 0 saturated heterocycles. The van der Waals surface area contributed by atoms with E-state index in [0.29, 0.717) is 31.8 Å². The van der Waals surface area contributed by atoms with Crippen molar-refractivity contribution in [1.29, 1.82) is 0 Å². The Bertz CT molecular complexity index is 913. The molecule has 0 radical (unpaired) electrons. The fourth-order valence-electron chi connectivity index (χ4n) is 4.65. The highest BCUT2D eigenvalue weighted by Gasteiger charge is 2.47. The third-order valence-electron chi connectivity index (χ3n) is 6.65. The number of aliphatic hydroxyl groups excluding tert-OH is 1. The number of amides is 2. The minimum atomic E-state index is -1.21. The summed E-state index contributed by atoms with van der Waals surface area (Å²) in [5, 5.41) is 22.1. The Morgan fingerprint density at radius 1 is 1.12 bits per heavy atom. The van der Waals surface area contributed by atoms with Crippen molar-refractivity contribution in [2.24, 2.45) is 11.3 Å². The number of aliphatic carboxylic acids is 1. The first-order chi connectivity index (χ1) is 15.4. The third-order valence-corrected chi connectivity index (χ3v) is 6.65. The molecule has 0 atom stereocenters. The molecule has 1 heterocycles. The molecule has 1 aromatic carbocycles. The van der Waals surface area contributed by atoms with E-state index in [1.54, 1.807) is 4.90 Å². The number of carbonyl (C=O) groups is 3. The monoisotopic (exact) mass is 442 g/mol. The molecule has 8 nitrogen and oxygen atoms in total. The van der Waals surface area contributed by atoms with Gasteiger partial charge in [-0.1, -0.05) is 31.4 Å². The highest BCUT2D eigenvalue weighted by Crippen LogP contribution is 2.46. The number of carboxylic acid groups (broad SMARTS) is 1. The first-order valence-corrected chi connectivity index (χ1v) is 11.3. The van der Waals surface area contributed by atoms with E-state index in [0.717, 1.165) is 37.2 Å². The summed E-state index contributed by atoms with van der Waals surface area (Å²) in [6.45, 7) is 0.753. The van der Waals surface area contributed by atoms with Gasteiger partial charge in [0, 0.05) is 18.5 Å². The molecule has 3 aliphatic rings. The second kappa shape index (κ2) is 9.22. The van der Waals surface area contributed by atoms with Gasteiger partial charge in [-0.3, -0.25) is 14.4 Å². The predicted molar refractivity (Wildman–Crippen MR) is 116 cm³/mol. The van der Waals surface area contributed by atoms with Gasteiger partial charge in [0.2, 0.25) is 0 Å². The minimum Gasteiger partial charge on any atom is -0.511 e. The van der Waals surface area contributed by atoms with Crippen LogP contribution in [0.2, 0.25) is 0 Å². The number of nitrogens with one attached hydrogen (secondary N) is 1. The van der Waals surface area contributed by atoms with E-state index in [9.17, 15) is 19.5 Å². The van der Waals surface area contributed by atoms with Crippen molar-refractivity contribution in [3.05, 3.63) is 41.2 Å². The van der Waals surface area contributed by atoms with Crippen LogP contribution in [0.25, 0.3) is 0 Å². The van der Waals surface area contributed by atoms with E-state index < -0.39 is 29.7 Å². The molecule has 2 aliphatic carbocycles. The number of nitrogens with zero attached hydrogens (tertiary/aromatic N) is 1. The summed E-state index contributed by atoms with van der Waals surface area (Å²) in [4.78, 5) is 38.3. The maximum Gasteiger partial charge on any atom is 0.322 e. The van der Waals surface area contributed by atoms with Crippen molar-refractivity contribution in [3.8, 4) is 5.75 Å². The van der Waals surface area contributed by atoms with Crippen molar-refractivity contribution < 1.29 is 29.3 Å². The van der Waals surface area contributed by atoms with E-state index >= 15 is 0 Å². The average molecular weight is 443 g/mol. The van der Waals surface area contributed by atoms with Gasteiger partial charge in [-0.2, -0.15) is 0 Å². The zero-order chi connectivity index (χ0) is 22.7. The number of carboxylic acids is 1. The van der Waals surface area contributed by atoms with Crippen LogP contribution < -0.4 is 10.1 Å². The maximum atomic E-state index is 13.2. The standard InChI is InChI=1S/C24H30N2O6/c27-19(28)12-25-22(30)20-21(29)24(10-2-1-3-11-24)15-26(23(20)31)13-16-6-8-18(9-7-16)32-14-17-4-5-17/h6-9,17,29H,1-5,10-15H2,(H,25,30)(H,27,28). The lowest BCUT2D eigenvalue weighted by molar-refractivity contribution is -0.139. The van der Waals surface area contributed by atoms with E-state index in [2.05, 4.69) is 5.32 Å². The quantitative estimate of drug-likeness (QED) is 0.533. The van der Waals surface area contributed by atoms with E-state index in [-0.39, 0.29) is 11.3 Å². The van der Waals surface area contributed by atoms with Gasteiger partial charge in [-0.05, 0) is 49.3 Å². The molecule has 172 valence electrons. The van der Waals surface area contributed by atoms with Crippen LogP contribution in [0.4, 0.5) is 0 Å². The van der Waals surface area contributed by atoms with Crippen LogP contribution >= 0.6 is 0 Å². The normalized spacial score (nSPS) is 20.4. The molecule has 0 bridgehead atoms. The predicted octanol–water partition coefficient (Wildman–Crippen LogP) is 2.78. The third kappa shape index (κ3) is 4.89. The summed E-state index contributed by atoms with van der Waals surface area (Å²) in [7, 11) is 0. The topological polar surface area (TPSA) is 116 Å². The molecule has 3 N–H and O–H groups in total. The molecule has 32 heavy (non-hydrogen) atoms. The van der Waals surface area contributed by atoms with Gasteiger partial charge in [-0.15, -0.1) is 0 Å². The van der Waals surface area contributed by atoms with Gasteiger partial charge in [0.25, 0.3) is 11.8 Å². The Morgan fingerprint density at radius 2 is 1.81 bits per heavy atom. The number of aliphatic hydroxyl groups is 1. The summed E-state index contributed by atoms with van der Waals surface area (Å²) in [5.74, 6) is -1.36. The van der Waals surface area contributed by atoms with Crippen LogP contribution in [0.3, 0.4) is 0 Å². The molecule has 0 unspecified atom stereocenters. The molecular formula is C24H30N2O6. The van der Waals surface area contributed by atoms with Crippen LogP contribution in [0.1, 0.15) is 50.5 Å². The van der Waals surface area contributed by atoms with E-state index in [1.165, 1.54) is 12.8 Å². The lowest BCUT2D eigenvalue weighted by Gasteiger charge is -2.44. The summed E-state index contributed by atoms with van der Waals surface area (Å²) < 4.78 is 5.77. The van der Waals surface area contributed by atoms with Gasteiger partial charge in [0.05, 0.1) is 6.61 Å². The first kappa shape index (κ1) is 22.2. The molecular weight excluding hydrogens is 412 g/mol. The Kier molecular flexibility index (Phi) is 6.39. The SMILES string of the molecule is O=C(O)CNC(=O)C1=C(O)C2(CCCCC2)CN(Cc2ccc(OCC3CC3)cc2)C1=O.